The second kappa shape index (κ2) is 10.5. The van der Waals surface area contributed by atoms with Crippen LogP contribution in [0.4, 0.5) is 5.69 Å². The Morgan fingerprint density at radius 1 is 1.12 bits per heavy atom. The number of carbonyl (C=O) groups is 2. The number of hydrogen-bond donors (Lipinski definition) is 2. The zero-order valence-electron chi connectivity index (χ0n) is 20.1. The van der Waals surface area contributed by atoms with E-state index in [1.165, 1.54) is 18.5 Å². The minimum atomic E-state index is -4.05. The minimum Gasteiger partial charge on any atom is -0.497 e. The molecular weight excluding hydrogens is 462 g/mol. The SMILES string of the molecule is CCOC(=O)c1c(C)[nH]c(C)c1S(=O)(=O)N1CCC[C@@H](C(=O)Nc2cc(OC)cc(OC)c2)C1. The fourth-order valence-corrected chi connectivity index (χ4v) is 6.09. The van der Waals surface area contributed by atoms with E-state index in [1.54, 1.807) is 39.0 Å². The molecule has 1 aromatic carbocycles. The molecule has 1 amide bonds. The Morgan fingerprint density at radius 2 is 1.76 bits per heavy atom. The lowest BCUT2D eigenvalue weighted by Crippen LogP contribution is -2.44. The summed E-state index contributed by atoms with van der Waals surface area (Å²) in [6.07, 6.45) is 1.05. The third-order valence-electron chi connectivity index (χ3n) is 5.77. The number of benzene rings is 1. The summed E-state index contributed by atoms with van der Waals surface area (Å²) in [5, 5.41) is 2.83. The molecule has 1 fully saturated rings. The van der Waals surface area contributed by atoms with Gasteiger partial charge >= 0.3 is 5.97 Å². The van der Waals surface area contributed by atoms with Gasteiger partial charge in [0.05, 0.1) is 26.7 Å². The Labute approximate surface area is 199 Å². The number of anilines is 1. The van der Waals surface area contributed by atoms with Crippen LogP contribution in [0.2, 0.25) is 0 Å². The van der Waals surface area contributed by atoms with Crippen LogP contribution in [0.25, 0.3) is 0 Å². The Kier molecular flexibility index (Phi) is 7.88. The first-order valence-corrected chi connectivity index (χ1v) is 12.5. The average molecular weight is 494 g/mol. The first kappa shape index (κ1) is 25.6. The van der Waals surface area contributed by atoms with Crippen LogP contribution in [0, 0.1) is 19.8 Å². The third-order valence-corrected chi connectivity index (χ3v) is 7.81. The number of aromatic nitrogens is 1. The van der Waals surface area contributed by atoms with Crippen LogP contribution in [0.3, 0.4) is 0 Å². The van der Waals surface area contributed by atoms with E-state index in [0.29, 0.717) is 41.4 Å². The van der Waals surface area contributed by atoms with E-state index in [9.17, 15) is 18.0 Å². The van der Waals surface area contributed by atoms with Crippen molar-refractivity contribution in [2.45, 2.75) is 38.5 Å². The third kappa shape index (κ3) is 5.20. The van der Waals surface area contributed by atoms with Gasteiger partial charge in [-0.2, -0.15) is 4.31 Å². The van der Waals surface area contributed by atoms with Crippen molar-refractivity contribution in [1.82, 2.24) is 9.29 Å². The summed E-state index contributed by atoms with van der Waals surface area (Å²) in [6, 6.07) is 5.01. The molecule has 1 aliphatic heterocycles. The zero-order valence-corrected chi connectivity index (χ0v) is 20.9. The molecule has 0 radical (unpaired) electrons. The molecule has 0 aliphatic carbocycles. The quantitative estimate of drug-likeness (QED) is 0.541. The van der Waals surface area contributed by atoms with Crippen molar-refractivity contribution in [3.63, 3.8) is 0 Å². The lowest BCUT2D eigenvalue weighted by Gasteiger charge is -2.31. The fourth-order valence-electron chi connectivity index (χ4n) is 4.16. The molecule has 0 spiro atoms. The number of piperidine rings is 1. The molecule has 1 aromatic heterocycles. The predicted molar refractivity (Wildman–Crippen MR) is 126 cm³/mol. The fraction of sp³-hybridized carbons (Fsp3) is 0.478. The molecule has 34 heavy (non-hydrogen) atoms. The zero-order chi connectivity index (χ0) is 25.0. The molecule has 11 heteroatoms. The average Bonchev–Trinajstić information content (AvgIpc) is 3.13. The van der Waals surface area contributed by atoms with Crippen molar-refractivity contribution in [1.29, 1.82) is 0 Å². The van der Waals surface area contributed by atoms with Gasteiger partial charge in [-0.1, -0.05) is 0 Å². The van der Waals surface area contributed by atoms with Crippen LogP contribution in [0.15, 0.2) is 23.1 Å². The standard InChI is InChI=1S/C23H31N3O7S/c1-6-33-23(28)20-14(2)24-15(3)21(20)34(29,30)26-9-7-8-16(13-26)22(27)25-17-10-18(31-4)12-19(11-17)32-5/h10-12,16,24H,6-9,13H2,1-5H3,(H,25,27)/t16-/m1/s1. The maximum Gasteiger partial charge on any atom is 0.341 e. The van der Waals surface area contributed by atoms with E-state index >= 15 is 0 Å². The van der Waals surface area contributed by atoms with Crippen LogP contribution in [-0.2, 0) is 19.6 Å². The predicted octanol–water partition coefficient (Wildman–Crippen LogP) is 2.86. The van der Waals surface area contributed by atoms with E-state index in [0.717, 1.165) is 0 Å². The van der Waals surface area contributed by atoms with Crippen molar-refractivity contribution < 1.29 is 32.2 Å². The molecule has 186 valence electrons. The Bertz CT molecular complexity index is 1150. The number of esters is 1. The largest absolute Gasteiger partial charge is 0.497 e. The summed E-state index contributed by atoms with van der Waals surface area (Å²) in [6.45, 7) is 5.28. The first-order valence-electron chi connectivity index (χ1n) is 11.0. The molecule has 2 heterocycles. The number of aryl methyl sites for hydroxylation is 2. The van der Waals surface area contributed by atoms with Gasteiger partial charge in [0.25, 0.3) is 0 Å². The summed E-state index contributed by atoms with van der Waals surface area (Å²) in [4.78, 5) is 28.4. The van der Waals surface area contributed by atoms with Crippen LogP contribution in [0.5, 0.6) is 11.5 Å². The van der Waals surface area contributed by atoms with Crippen LogP contribution in [-0.4, -0.2) is 63.5 Å². The van der Waals surface area contributed by atoms with E-state index in [-0.39, 0.29) is 36.1 Å². The molecule has 0 bridgehead atoms. The topological polar surface area (TPSA) is 127 Å². The van der Waals surface area contributed by atoms with Crippen LogP contribution >= 0.6 is 0 Å². The van der Waals surface area contributed by atoms with Gasteiger partial charge in [0.2, 0.25) is 15.9 Å². The van der Waals surface area contributed by atoms with Crippen LogP contribution < -0.4 is 14.8 Å². The normalized spacial score (nSPS) is 16.7. The lowest BCUT2D eigenvalue weighted by molar-refractivity contribution is -0.120. The molecule has 0 saturated carbocycles. The number of rotatable bonds is 8. The number of H-pyrrole nitrogens is 1. The van der Waals surface area contributed by atoms with Crippen molar-refractivity contribution in [2.75, 3.05) is 39.2 Å². The second-order valence-electron chi connectivity index (χ2n) is 8.09. The van der Waals surface area contributed by atoms with Gasteiger partial charge in [0.15, 0.2) is 0 Å². The van der Waals surface area contributed by atoms with Gasteiger partial charge in [-0.25, -0.2) is 13.2 Å². The number of sulfonamides is 1. The molecule has 2 N–H and O–H groups in total. The number of aromatic amines is 1. The molecule has 0 unspecified atom stereocenters. The number of ether oxygens (including phenoxy) is 3. The number of carbonyl (C=O) groups excluding carboxylic acids is 2. The highest BCUT2D eigenvalue weighted by Crippen LogP contribution is 2.31. The molecule has 1 atom stereocenters. The molecule has 1 aliphatic rings. The molecule has 2 aromatic rings. The minimum absolute atomic E-state index is 0.00119. The summed E-state index contributed by atoms with van der Waals surface area (Å²) in [5.74, 6) is -0.518. The maximum absolute atomic E-state index is 13.6. The van der Waals surface area contributed by atoms with E-state index in [1.807, 2.05) is 0 Å². The number of nitrogens with one attached hydrogen (secondary N) is 2. The monoisotopic (exact) mass is 493 g/mol. The van der Waals surface area contributed by atoms with E-state index < -0.39 is 21.9 Å². The first-order chi connectivity index (χ1) is 16.1. The van der Waals surface area contributed by atoms with Gasteiger partial charge < -0.3 is 24.5 Å². The molecule has 1 saturated heterocycles. The number of nitrogens with zero attached hydrogens (tertiary/aromatic N) is 1. The van der Waals surface area contributed by atoms with Crippen molar-refractivity contribution in [2.24, 2.45) is 5.92 Å². The highest BCUT2D eigenvalue weighted by Gasteiger charge is 2.38. The summed E-state index contributed by atoms with van der Waals surface area (Å²) in [5.41, 5.74) is 1.28. The maximum atomic E-state index is 13.6. The van der Waals surface area contributed by atoms with Gasteiger partial charge in [-0.3, -0.25) is 4.79 Å². The number of hydrogen-bond acceptors (Lipinski definition) is 7. The molecule has 10 nitrogen and oxygen atoms in total. The van der Waals surface area contributed by atoms with Gasteiger partial charge in [-0.05, 0) is 33.6 Å². The lowest BCUT2D eigenvalue weighted by atomic mass is 9.98. The smallest absolute Gasteiger partial charge is 0.341 e. The van der Waals surface area contributed by atoms with Crippen molar-refractivity contribution in [3.05, 3.63) is 35.2 Å². The van der Waals surface area contributed by atoms with Gasteiger partial charge in [-0.15, -0.1) is 0 Å². The van der Waals surface area contributed by atoms with Gasteiger partial charge in [0.1, 0.15) is 22.0 Å². The second-order valence-corrected chi connectivity index (χ2v) is 9.97. The summed E-state index contributed by atoms with van der Waals surface area (Å²) in [7, 11) is -1.02. The van der Waals surface area contributed by atoms with Crippen molar-refractivity contribution >= 4 is 27.6 Å². The van der Waals surface area contributed by atoms with Crippen molar-refractivity contribution in [3.8, 4) is 11.5 Å². The van der Waals surface area contributed by atoms with E-state index in [2.05, 4.69) is 10.3 Å². The highest BCUT2D eigenvalue weighted by molar-refractivity contribution is 7.89. The molecular formula is C23H31N3O7S. The Hall–Kier alpha value is -3.05. The number of methoxy groups -OCH3 is 2. The number of amides is 1. The molecule has 3 rings (SSSR count). The summed E-state index contributed by atoms with van der Waals surface area (Å²) < 4.78 is 44.0. The summed E-state index contributed by atoms with van der Waals surface area (Å²) >= 11 is 0. The van der Waals surface area contributed by atoms with Gasteiger partial charge in [0, 0.05) is 48.4 Å². The Morgan fingerprint density at radius 3 is 2.35 bits per heavy atom. The highest BCUT2D eigenvalue weighted by atomic mass is 32.2. The van der Waals surface area contributed by atoms with E-state index in [4.69, 9.17) is 14.2 Å². The Balaban J connectivity index is 1.84. The van der Waals surface area contributed by atoms with Crippen LogP contribution in [0.1, 0.15) is 41.5 Å².